The molecule has 0 radical (unpaired) electrons. The molecule has 0 fully saturated rings. The fourth-order valence-corrected chi connectivity index (χ4v) is 4.57. The first-order valence-corrected chi connectivity index (χ1v) is 9.80. The van der Waals surface area contributed by atoms with Gasteiger partial charge in [0.15, 0.2) is 0 Å². The van der Waals surface area contributed by atoms with Crippen molar-refractivity contribution in [3.05, 3.63) is 119 Å². The largest absolute Gasteiger partial charge is 0.399 e. The van der Waals surface area contributed by atoms with Crippen LogP contribution in [0, 0.1) is 0 Å². The number of nitrogen functional groups attached to an aromatic ring is 2. The lowest BCUT2D eigenvalue weighted by atomic mass is 9.66. The maximum absolute atomic E-state index is 6.03. The third-order valence-corrected chi connectivity index (χ3v) is 5.87. The summed E-state index contributed by atoms with van der Waals surface area (Å²) in [6.07, 6.45) is 5.35. The zero-order chi connectivity index (χ0) is 19.8. The van der Waals surface area contributed by atoms with Crippen LogP contribution >= 0.6 is 0 Å². The van der Waals surface area contributed by atoms with Crippen molar-refractivity contribution >= 4 is 11.4 Å². The van der Waals surface area contributed by atoms with Gasteiger partial charge in [-0.2, -0.15) is 0 Å². The second kappa shape index (κ2) is 6.74. The van der Waals surface area contributed by atoms with E-state index in [4.69, 9.17) is 21.4 Å². The highest BCUT2D eigenvalue weighted by Crippen LogP contribution is 2.48. The average molecular weight is 378 g/mol. The Bertz CT molecular complexity index is 1070. The Morgan fingerprint density at radius 1 is 0.655 bits per heavy atom. The molecule has 5 rings (SSSR count). The lowest BCUT2D eigenvalue weighted by molar-refractivity contribution is 0.699. The Balaban J connectivity index is 1.96. The number of hydrogen-bond donors (Lipinski definition) is 2. The third-order valence-electron chi connectivity index (χ3n) is 5.87. The van der Waals surface area contributed by atoms with Crippen LogP contribution in [0.3, 0.4) is 0 Å². The van der Waals surface area contributed by atoms with E-state index in [0.717, 1.165) is 46.7 Å². The van der Waals surface area contributed by atoms with Crippen molar-refractivity contribution in [3.63, 3.8) is 0 Å². The van der Waals surface area contributed by atoms with Gasteiger partial charge in [-0.25, -0.2) is 0 Å². The maximum atomic E-state index is 6.03. The lowest BCUT2D eigenvalue weighted by Crippen LogP contribution is -2.33. The Hall–Kier alpha value is -3.66. The number of benzene rings is 3. The molecule has 29 heavy (non-hydrogen) atoms. The number of anilines is 2. The molecule has 0 aliphatic heterocycles. The van der Waals surface area contributed by atoms with Gasteiger partial charge >= 0.3 is 0 Å². The number of rotatable bonds is 2. The van der Waals surface area contributed by atoms with Crippen LogP contribution in [0.15, 0.2) is 85.2 Å². The molecule has 4 aromatic rings. The number of aromatic nitrogens is 2. The number of aryl methyl sites for hydroxylation is 2. The average Bonchev–Trinajstić information content (AvgIpc) is 2.91. The first-order chi connectivity index (χ1) is 14.2. The summed E-state index contributed by atoms with van der Waals surface area (Å²) in [5.74, 6) is 0. The highest BCUT2D eigenvalue weighted by Gasteiger charge is 2.44. The van der Waals surface area contributed by atoms with Crippen LogP contribution in [0.1, 0.15) is 33.6 Å². The van der Waals surface area contributed by atoms with E-state index in [1.807, 2.05) is 24.3 Å². The van der Waals surface area contributed by atoms with Gasteiger partial charge in [-0.05, 0) is 59.4 Å². The second-order valence-corrected chi connectivity index (χ2v) is 7.50. The van der Waals surface area contributed by atoms with Crippen molar-refractivity contribution in [2.24, 2.45) is 0 Å². The Labute approximate surface area is 170 Å². The standard InChI is InChI=1S/C25H22N4/c26-20-10-6-18(7-11-20)25(19-8-12-21(27)13-9-19)22-4-2-1-3-17(22)5-14-23-24(25)29-16-15-28-23/h1-4,6-13,15-16H,5,14,26-27H2. The van der Waals surface area contributed by atoms with Gasteiger partial charge < -0.3 is 11.5 Å². The van der Waals surface area contributed by atoms with E-state index in [0.29, 0.717) is 0 Å². The summed E-state index contributed by atoms with van der Waals surface area (Å²) >= 11 is 0. The molecule has 0 amide bonds. The van der Waals surface area contributed by atoms with Crippen molar-refractivity contribution < 1.29 is 0 Å². The molecule has 142 valence electrons. The van der Waals surface area contributed by atoms with Crippen LogP contribution in [0.4, 0.5) is 11.4 Å². The quantitative estimate of drug-likeness (QED) is 0.514. The van der Waals surface area contributed by atoms with Crippen LogP contribution in [-0.2, 0) is 18.3 Å². The number of nitrogens with two attached hydrogens (primary N) is 2. The van der Waals surface area contributed by atoms with Gasteiger partial charge in [0.2, 0.25) is 0 Å². The molecule has 4 heteroatoms. The van der Waals surface area contributed by atoms with Crippen molar-refractivity contribution in [1.82, 2.24) is 9.97 Å². The van der Waals surface area contributed by atoms with Crippen molar-refractivity contribution in [1.29, 1.82) is 0 Å². The van der Waals surface area contributed by atoms with Crippen LogP contribution in [0.5, 0.6) is 0 Å². The minimum absolute atomic E-state index is 0.585. The minimum atomic E-state index is -0.585. The molecule has 4 N–H and O–H groups in total. The second-order valence-electron chi connectivity index (χ2n) is 7.50. The number of nitrogens with zero attached hydrogens (tertiary/aromatic N) is 2. The monoisotopic (exact) mass is 378 g/mol. The lowest BCUT2D eigenvalue weighted by Gasteiger charge is -2.36. The predicted octanol–water partition coefficient (Wildman–Crippen LogP) is 4.12. The molecule has 1 aliphatic rings. The summed E-state index contributed by atoms with van der Waals surface area (Å²) in [7, 11) is 0. The van der Waals surface area contributed by atoms with Gasteiger partial charge in [-0.1, -0.05) is 48.5 Å². The molecule has 0 bridgehead atoms. The highest BCUT2D eigenvalue weighted by atomic mass is 14.8. The van der Waals surface area contributed by atoms with Crippen molar-refractivity contribution in [2.45, 2.75) is 18.3 Å². The molecular formula is C25H22N4. The molecule has 1 aromatic heterocycles. The van der Waals surface area contributed by atoms with E-state index < -0.39 is 5.41 Å². The SMILES string of the molecule is Nc1ccc(C2(c3ccc(N)cc3)c3ccccc3CCc3nccnc32)cc1. The molecule has 0 saturated heterocycles. The van der Waals surface area contributed by atoms with Crippen molar-refractivity contribution in [2.75, 3.05) is 11.5 Å². The molecule has 0 spiro atoms. The molecule has 4 nitrogen and oxygen atoms in total. The van der Waals surface area contributed by atoms with E-state index in [2.05, 4.69) is 48.5 Å². The van der Waals surface area contributed by atoms with Gasteiger partial charge in [-0.3, -0.25) is 9.97 Å². The summed E-state index contributed by atoms with van der Waals surface area (Å²) in [6.45, 7) is 0. The summed E-state index contributed by atoms with van der Waals surface area (Å²) in [6, 6.07) is 24.9. The van der Waals surface area contributed by atoms with Crippen LogP contribution < -0.4 is 11.5 Å². The van der Waals surface area contributed by atoms with Gasteiger partial charge in [0, 0.05) is 23.8 Å². The van der Waals surface area contributed by atoms with Crippen LogP contribution in [0.2, 0.25) is 0 Å². The molecule has 1 aliphatic carbocycles. The number of fused-ring (bicyclic) bond motifs is 2. The van der Waals surface area contributed by atoms with E-state index in [1.54, 1.807) is 12.4 Å². The Kier molecular flexibility index (Phi) is 4.06. The number of hydrogen-bond acceptors (Lipinski definition) is 4. The topological polar surface area (TPSA) is 77.8 Å². The van der Waals surface area contributed by atoms with Crippen LogP contribution in [0.25, 0.3) is 0 Å². The van der Waals surface area contributed by atoms with E-state index in [1.165, 1.54) is 11.1 Å². The van der Waals surface area contributed by atoms with Gasteiger partial charge in [0.05, 0.1) is 16.8 Å². The Morgan fingerprint density at radius 2 is 1.24 bits per heavy atom. The normalized spacial score (nSPS) is 14.5. The highest BCUT2D eigenvalue weighted by molar-refractivity contribution is 5.63. The van der Waals surface area contributed by atoms with Gasteiger partial charge in [-0.15, -0.1) is 0 Å². The summed E-state index contributed by atoms with van der Waals surface area (Å²) in [4.78, 5) is 9.64. The van der Waals surface area contributed by atoms with E-state index in [-0.39, 0.29) is 0 Å². The summed E-state index contributed by atoms with van der Waals surface area (Å²) in [5, 5.41) is 0. The fourth-order valence-electron chi connectivity index (χ4n) is 4.57. The van der Waals surface area contributed by atoms with E-state index in [9.17, 15) is 0 Å². The first-order valence-electron chi connectivity index (χ1n) is 9.80. The molecule has 0 saturated carbocycles. The minimum Gasteiger partial charge on any atom is -0.399 e. The maximum Gasteiger partial charge on any atom is 0.0895 e. The molecular weight excluding hydrogens is 356 g/mol. The van der Waals surface area contributed by atoms with Crippen molar-refractivity contribution in [3.8, 4) is 0 Å². The zero-order valence-corrected chi connectivity index (χ0v) is 16.0. The van der Waals surface area contributed by atoms with Crippen LogP contribution in [-0.4, -0.2) is 9.97 Å². The van der Waals surface area contributed by atoms with E-state index >= 15 is 0 Å². The predicted molar refractivity (Wildman–Crippen MR) is 117 cm³/mol. The molecule has 3 aromatic carbocycles. The molecule has 0 unspecified atom stereocenters. The first kappa shape index (κ1) is 17.4. The third kappa shape index (κ3) is 2.68. The Morgan fingerprint density at radius 3 is 1.90 bits per heavy atom. The zero-order valence-electron chi connectivity index (χ0n) is 16.0. The summed E-state index contributed by atoms with van der Waals surface area (Å²) in [5.41, 5.74) is 19.7. The summed E-state index contributed by atoms with van der Waals surface area (Å²) < 4.78 is 0. The van der Waals surface area contributed by atoms with Gasteiger partial charge in [0.1, 0.15) is 0 Å². The molecule has 0 atom stereocenters. The van der Waals surface area contributed by atoms with Gasteiger partial charge in [0.25, 0.3) is 0 Å². The molecule has 1 heterocycles. The smallest absolute Gasteiger partial charge is 0.0895 e. The fraction of sp³-hybridized carbons (Fsp3) is 0.120.